The highest BCUT2D eigenvalue weighted by Gasteiger charge is 2.18. The Bertz CT molecular complexity index is 601. The third kappa shape index (κ3) is 4.99. The van der Waals surface area contributed by atoms with Crippen LogP contribution in [0.3, 0.4) is 0 Å². The number of aromatic nitrogens is 2. The summed E-state index contributed by atoms with van der Waals surface area (Å²) in [6.07, 6.45) is 0.943. The molecule has 0 fully saturated rings. The van der Waals surface area contributed by atoms with Gasteiger partial charge in [0.1, 0.15) is 0 Å². The van der Waals surface area contributed by atoms with Crippen molar-refractivity contribution in [3.8, 4) is 0 Å². The van der Waals surface area contributed by atoms with Crippen LogP contribution in [0.25, 0.3) is 0 Å². The standard InChI is InChI=1S/C15H20N4OS2/c1-11(13(20)19(2)3)21-15-18-17-14(22-15)16-10-9-12-7-5-4-6-8-12/h4-8,11H,9-10H2,1-3H3,(H,16,17)/t11-/m0/s1. The Labute approximate surface area is 139 Å². The molecule has 5 nitrogen and oxygen atoms in total. The monoisotopic (exact) mass is 336 g/mol. The molecule has 22 heavy (non-hydrogen) atoms. The lowest BCUT2D eigenvalue weighted by molar-refractivity contribution is -0.127. The molecule has 2 rings (SSSR count). The quantitative estimate of drug-likeness (QED) is 0.788. The van der Waals surface area contributed by atoms with Gasteiger partial charge in [0.15, 0.2) is 4.34 Å². The Morgan fingerprint density at radius 3 is 2.73 bits per heavy atom. The molecule has 2 aromatic rings. The van der Waals surface area contributed by atoms with Gasteiger partial charge in [0.05, 0.1) is 5.25 Å². The molecule has 118 valence electrons. The van der Waals surface area contributed by atoms with E-state index in [1.54, 1.807) is 19.0 Å². The molecular weight excluding hydrogens is 316 g/mol. The molecule has 0 aliphatic rings. The van der Waals surface area contributed by atoms with E-state index in [0.29, 0.717) is 0 Å². The zero-order chi connectivity index (χ0) is 15.9. The van der Waals surface area contributed by atoms with Crippen molar-refractivity contribution in [2.45, 2.75) is 22.9 Å². The van der Waals surface area contributed by atoms with Gasteiger partial charge >= 0.3 is 0 Å². The van der Waals surface area contributed by atoms with Gasteiger partial charge in [0.25, 0.3) is 0 Å². The van der Waals surface area contributed by atoms with E-state index in [4.69, 9.17) is 0 Å². The van der Waals surface area contributed by atoms with E-state index in [2.05, 4.69) is 27.6 Å². The molecule has 0 aliphatic heterocycles. The summed E-state index contributed by atoms with van der Waals surface area (Å²) >= 11 is 2.93. The summed E-state index contributed by atoms with van der Waals surface area (Å²) in [5.41, 5.74) is 1.29. The number of benzene rings is 1. The largest absolute Gasteiger partial charge is 0.360 e. The maximum atomic E-state index is 11.8. The van der Waals surface area contributed by atoms with Crippen LogP contribution in [0.1, 0.15) is 12.5 Å². The van der Waals surface area contributed by atoms with Crippen molar-refractivity contribution >= 4 is 34.1 Å². The minimum absolute atomic E-state index is 0.0822. The number of hydrogen-bond acceptors (Lipinski definition) is 6. The van der Waals surface area contributed by atoms with Crippen molar-refractivity contribution in [1.29, 1.82) is 0 Å². The summed E-state index contributed by atoms with van der Waals surface area (Å²) in [6.45, 7) is 2.70. The predicted octanol–water partition coefficient (Wildman–Crippen LogP) is 2.76. The number of anilines is 1. The number of carbonyl (C=O) groups is 1. The van der Waals surface area contributed by atoms with Gasteiger partial charge in [-0.25, -0.2) is 0 Å². The summed E-state index contributed by atoms with van der Waals surface area (Å²) in [7, 11) is 3.52. The summed E-state index contributed by atoms with van der Waals surface area (Å²) in [6, 6.07) is 10.3. The molecule has 1 aromatic carbocycles. The normalized spacial score (nSPS) is 12.0. The van der Waals surface area contributed by atoms with Crippen LogP contribution >= 0.6 is 23.1 Å². The fraction of sp³-hybridized carbons (Fsp3) is 0.400. The molecule has 1 heterocycles. The first kappa shape index (κ1) is 16.8. The highest BCUT2D eigenvalue weighted by atomic mass is 32.2. The fourth-order valence-corrected chi connectivity index (χ4v) is 3.92. The Morgan fingerprint density at radius 1 is 1.32 bits per heavy atom. The lowest BCUT2D eigenvalue weighted by Crippen LogP contribution is -2.29. The number of carbonyl (C=O) groups excluding carboxylic acids is 1. The van der Waals surface area contributed by atoms with Crippen LogP contribution in [-0.4, -0.2) is 46.9 Å². The number of amides is 1. The van der Waals surface area contributed by atoms with Gasteiger partial charge in [0.2, 0.25) is 11.0 Å². The second-order valence-corrected chi connectivity index (χ2v) is 7.59. The lowest BCUT2D eigenvalue weighted by Gasteiger charge is -2.14. The van der Waals surface area contributed by atoms with Crippen molar-refractivity contribution in [3.05, 3.63) is 35.9 Å². The van der Waals surface area contributed by atoms with Crippen molar-refractivity contribution < 1.29 is 4.79 Å². The fourth-order valence-electron chi connectivity index (χ4n) is 1.85. The van der Waals surface area contributed by atoms with Gasteiger partial charge in [-0.05, 0) is 18.9 Å². The molecule has 0 saturated carbocycles. The van der Waals surface area contributed by atoms with Crippen molar-refractivity contribution in [2.75, 3.05) is 26.0 Å². The number of thioether (sulfide) groups is 1. The van der Waals surface area contributed by atoms with Gasteiger partial charge in [-0.1, -0.05) is 53.4 Å². The van der Waals surface area contributed by atoms with E-state index < -0.39 is 0 Å². The van der Waals surface area contributed by atoms with Crippen LogP contribution in [0, 0.1) is 0 Å². The molecule has 0 aliphatic carbocycles. The topological polar surface area (TPSA) is 58.1 Å². The van der Waals surface area contributed by atoms with E-state index in [0.717, 1.165) is 22.4 Å². The third-order valence-corrected chi connectivity index (χ3v) is 5.06. The van der Waals surface area contributed by atoms with Crippen LogP contribution in [0.15, 0.2) is 34.7 Å². The maximum absolute atomic E-state index is 11.8. The number of nitrogens with zero attached hydrogens (tertiary/aromatic N) is 3. The first-order valence-electron chi connectivity index (χ1n) is 7.05. The average molecular weight is 336 g/mol. The van der Waals surface area contributed by atoms with Crippen LogP contribution in [-0.2, 0) is 11.2 Å². The minimum Gasteiger partial charge on any atom is -0.360 e. The molecule has 1 atom stereocenters. The Balaban J connectivity index is 1.80. The van der Waals surface area contributed by atoms with Crippen LogP contribution in [0.5, 0.6) is 0 Å². The van der Waals surface area contributed by atoms with Crippen LogP contribution in [0.2, 0.25) is 0 Å². The van der Waals surface area contributed by atoms with Crippen LogP contribution in [0.4, 0.5) is 5.13 Å². The molecule has 1 N–H and O–H groups in total. The Morgan fingerprint density at radius 2 is 2.05 bits per heavy atom. The average Bonchev–Trinajstić information content (AvgIpc) is 2.94. The van der Waals surface area contributed by atoms with Crippen LogP contribution < -0.4 is 5.32 Å². The maximum Gasteiger partial charge on any atom is 0.235 e. The molecule has 0 unspecified atom stereocenters. The summed E-state index contributed by atoms with van der Waals surface area (Å²) in [5, 5.41) is 12.2. The van der Waals surface area contributed by atoms with E-state index >= 15 is 0 Å². The van der Waals surface area contributed by atoms with Crippen molar-refractivity contribution in [1.82, 2.24) is 15.1 Å². The van der Waals surface area contributed by atoms with Gasteiger partial charge in [-0.2, -0.15) is 0 Å². The molecule has 0 spiro atoms. The van der Waals surface area contributed by atoms with Crippen molar-refractivity contribution in [2.24, 2.45) is 0 Å². The zero-order valence-corrected chi connectivity index (χ0v) is 14.6. The Kier molecular flexibility index (Phi) is 6.21. The third-order valence-electron chi connectivity index (χ3n) is 3.01. The Hall–Kier alpha value is -1.60. The molecule has 0 saturated heterocycles. The molecule has 1 aromatic heterocycles. The summed E-state index contributed by atoms with van der Waals surface area (Å²) in [5.74, 6) is 0.0822. The molecular formula is C15H20N4OS2. The van der Waals surface area contributed by atoms with Gasteiger partial charge in [-0.3, -0.25) is 4.79 Å². The van der Waals surface area contributed by atoms with Crippen molar-refractivity contribution in [3.63, 3.8) is 0 Å². The highest BCUT2D eigenvalue weighted by molar-refractivity contribution is 8.02. The van der Waals surface area contributed by atoms with Gasteiger partial charge in [0, 0.05) is 20.6 Å². The SMILES string of the molecule is C[C@H](Sc1nnc(NCCc2ccccc2)s1)C(=O)N(C)C. The zero-order valence-electron chi connectivity index (χ0n) is 12.9. The van der Waals surface area contributed by atoms with Gasteiger partial charge < -0.3 is 10.2 Å². The second kappa shape index (κ2) is 8.14. The summed E-state index contributed by atoms with van der Waals surface area (Å²) < 4.78 is 0.810. The molecule has 0 bridgehead atoms. The summed E-state index contributed by atoms with van der Waals surface area (Å²) in [4.78, 5) is 13.4. The molecule has 1 amide bonds. The number of nitrogens with one attached hydrogen (secondary N) is 1. The first-order valence-corrected chi connectivity index (χ1v) is 8.75. The number of rotatable bonds is 7. The predicted molar refractivity (Wildman–Crippen MR) is 92.6 cm³/mol. The first-order chi connectivity index (χ1) is 10.6. The lowest BCUT2D eigenvalue weighted by atomic mass is 10.2. The van der Waals surface area contributed by atoms with E-state index in [1.807, 2.05) is 25.1 Å². The van der Waals surface area contributed by atoms with E-state index in [9.17, 15) is 4.79 Å². The minimum atomic E-state index is -0.153. The molecule has 0 radical (unpaired) electrons. The van der Waals surface area contributed by atoms with E-state index in [-0.39, 0.29) is 11.2 Å². The smallest absolute Gasteiger partial charge is 0.235 e. The van der Waals surface area contributed by atoms with E-state index in [1.165, 1.54) is 28.7 Å². The molecule has 7 heteroatoms. The highest BCUT2D eigenvalue weighted by Crippen LogP contribution is 2.29. The number of hydrogen-bond donors (Lipinski definition) is 1. The second-order valence-electron chi connectivity index (χ2n) is 5.03. The van der Waals surface area contributed by atoms with Gasteiger partial charge in [-0.15, -0.1) is 10.2 Å².